The first kappa shape index (κ1) is 14.7. The van der Waals surface area contributed by atoms with Crippen molar-refractivity contribution in [1.29, 1.82) is 0 Å². The molecule has 0 radical (unpaired) electrons. The number of hydrogen-bond acceptors (Lipinski definition) is 5. The molecule has 21 heavy (non-hydrogen) atoms. The number of benzene rings is 1. The molecule has 0 saturated heterocycles. The second-order valence-electron chi connectivity index (χ2n) is 4.28. The Bertz CT molecular complexity index is 649. The molecule has 0 aliphatic carbocycles. The van der Waals surface area contributed by atoms with Crippen molar-refractivity contribution in [1.82, 2.24) is 4.98 Å². The molecule has 0 aliphatic rings. The van der Waals surface area contributed by atoms with E-state index in [1.807, 2.05) is 6.92 Å². The Balaban J connectivity index is 2.16. The largest absolute Gasteiger partial charge is 0.454 e. The highest BCUT2D eigenvalue weighted by molar-refractivity contribution is 5.44. The van der Waals surface area contributed by atoms with Gasteiger partial charge in [-0.25, -0.2) is 9.37 Å². The standard InChI is InChI=1S/C14H14FN3O3/c1-2-6-16-14-9-11(5-7-17-14)21-13-4-3-10(18(19)20)8-12(13)15/h3-5,7-9H,2,6H2,1H3,(H,16,17). The maximum atomic E-state index is 13.7. The van der Waals surface area contributed by atoms with Gasteiger partial charge in [-0.1, -0.05) is 6.92 Å². The van der Waals surface area contributed by atoms with E-state index in [2.05, 4.69) is 10.3 Å². The minimum absolute atomic E-state index is 0.0757. The highest BCUT2D eigenvalue weighted by Crippen LogP contribution is 2.28. The quantitative estimate of drug-likeness (QED) is 0.648. The topological polar surface area (TPSA) is 77.3 Å². The number of rotatable bonds is 6. The van der Waals surface area contributed by atoms with Crippen LogP contribution in [0.1, 0.15) is 13.3 Å². The van der Waals surface area contributed by atoms with Crippen LogP contribution in [0.15, 0.2) is 36.5 Å². The van der Waals surface area contributed by atoms with E-state index in [4.69, 9.17) is 4.74 Å². The molecule has 0 spiro atoms. The lowest BCUT2D eigenvalue weighted by molar-refractivity contribution is -0.385. The van der Waals surface area contributed by atoms with Gasteiger partial charge in [-0.05, 0) is 18.6 Å². The predicted molar refractivity (Wildman–Crippen MR) is 76.1 cm³/mol. The zero-order chi connectivity index (χ0) is 15.2. The summed E-state index contributed by atoms with van der Waals surface area (Å²) in [5, 5.41) is 13.6. The van der Waals surface area contributed by atoms with Gasteiger partial charge < -0.3 is 10.1 Å². The van der Waals surface area contributed by atoms with Crippen LogP contribution in [0.4, 0.5) is 15.9 Å². The van der Waals surface area contributed by atoms with Crippen LogP contribution < -0.4 is 10.1 Å². The summed E-state index contributed by atoms with van der Waals surface area (Å²) < 4.78 is 19.1. The monoisotopic (exact) mass is 291 g/mol. The van der Waals surface area contributed by atoms with Crippen LogP contribution in [0.5, 0.6) is 11.5 Å². The Hall–Kier alpha value is -2.70. The molecule has 1 aromatic carbocycles. The highest BCUT2D eigenvalue weighted by Gasteiger charge is 2.12. The van der Waals surface area contributed by atoms with Gasteiger partial charge in [-0.2, -0.15) is 0 Å². The van der Waals surface area contributed by atoms with Crippen LogP contribution >= 0.6 is 0 Å². The molecule has 1 heterocycles. The molecule has 6 nitrogen and oxygen atoms in total. The normalized spacial score (nSPS) is 10.2. The molecule has 2 rings (SSSR count). The molecule has 0 aliphatic heterocycles. The number of nitrogens with one attached hydrogen (secondary N) is 1. The fraction of sp³-hybridized carbons (Fsp3) is 0.214. The number of anilines is 1. The first-order valence-electron chi connectivity index (χ1n) is 6.42. The Morgan fingerprint density at radius 2 is 2.19 bits per heavy atom. The van der Waals surface area contributed by atoms with E-state index in [1.54, 1.807) is 12.1 Å². The number of nitro benzene ring substituents is 1. The summed E-state index contributed by atoms with van der Waals surface area (Å²) in [6.45, 7) is 2.79. The van der Waals surface area contributed by atoms with Gasteiger partial charge in [0.1, 0.15) is 11.6 Å². The van der Waals surface area contributed by atoms with Crippen LogP contribution in [0.3, 0.4) is 0 Å². The zero-order valence-corrected chi connectivity index (χ0v) is 11.4. The third kappa shape index (κ3) is 3.88. The highest BCUT2D eigenvalue weighted by atomic mass is 19.1. The molecule has 0 atom stereocenters. The van der Waals surface area contributed by atoms with Gasteiger partial charge in [-0.3, -0.25) is 10.1 Å². The van der Waals surface area contributed by atoms with E-state index < -0.39 is 10.7 Å². The summed E-state index contributed by atoms with van der Waals surface area (Å²) in [7, 11) is 0. The molecule has 0 amide bonds. The molecular formula is C14H14FN3O3. The van der Waals surface area contributed by atoms with Crippen LogP contribution in [0, 0.1) is 15.9 Å². The van der Waals surface area contributed by atoms with Gasteiger partial charge in [0.05, 0.1) is 11.0 Å². The number of non-ortho nitro benzene ring substituents is 1. The molecule has 7 heteroatoms. The smallest absolute Gasteiger partial charge is 0.272 e. The molecule has 0 bridgehead atoms. The number of nitrogens with zero attached hydrogens (tertiary/aromatic N) is 2. The number of ether oxygens (including phenoxy) is 1. The second kappa shape index (κ2) is 6.65. The molecular weight excluding hydrogens is 277 g/mol. The lowest BCUT2D eigenvalue weighted by Gasteiger charge is -2.08. The average molecular weight is 291 g/mol. The van der Waals surface area contributed by atoms with Crippen LogP contribution in [0.2, 0.25) is 0 Å². The molecule has 0 fully saturated rings. The third-order valence-corrected chi connectivity index (χ3v) is 2.64. The molecule has 0 saturated carbocycles. The van der Waals surface area contributed by atoms with Gasteiger partial charge in [0.2, 0.25) is 0 Å². The first-order valence-corrected chi connectivity index (χ1v) is 6.42. The maximum Gasteiger partial charge on any atom is 0.272 e. The summed E-state index contributed by atoms with van der Waals surface area (Å²) in [5.41, 5.74) is -0.320. The maximum absolute atomic E-state index is 13.7. The van der Waals surface area contributed by atoms with Gasteiger partial charge >= 0.3 is 0 Å². The number of aromatic nitrogens is 1. The number of hydrogen-bond donors (Lipinski definition) is 1. The van der Waals surface area contributed by atoms with Gasteiger partial charge in [0, 0.05) is 24.9 Å². The summed E-state index contributed by atoms with van der Waals surface area (Å²) in [5.74, 6) is 0.158. The summed E-state index contributed by atoms with van der Waals surface area (Å²) in [4.78, 5) is 14.0. The zero-order valence-electron chi connectivity index (χ0n) is 11.4. The van der Waals surface area contributed by atoms with E-state index in [1.165, 1.54) is 18.3 Å². The second-order valence-corrected chi connectivity index (χ2v) is 4.28. The third-order valence-electron chi connectivity index (χ3n) is 2.64. The van der Waals surface area contributed by atoms with E-state index in [0.29, 0.717) is 11.6 Å². The van der Waals surface area contributed by atoms with E-state index >= 15 is 0 Å². The fourth-order valence-electron chi connectivity index (χ4n) is 1.64. The van der Waals surface area contributed by atoms with Crippen molar-refractivity contribution in [3.05, 3.63) is 52.5 Å². The minimum Gasteiger partial charge on any atom is -0.454 e. The Labute approximate surface area is 120 Å². The number of pyridine rings is 1. The van der Waals surface area contributed by atoms with E-state index in [-0.39, 0.29) is 11.4 Å². The van der Waals surface area contributed by atoms with Crippen LogP contribution in [0.25, 0.3) is 0 Å². The summed E-state index contributed by atoms with van der Waals surface area (Å²) in [6.07, 6.45) is 2.49. The molecule has 1 aromatic heterocycles. The van der Waals surface area contributed by atoms with Gasteiger partial charge in [-0.15, -0.1) is 0 Å². The van der Waals surface area contributed by atoms with Crippen LogP contribution in [-0.2, 0) is 0 Å². The predicted octanol–water partition coefficient (Wildman–Crippen LogP) is 3.74. The van der Waals surface area contributed by atoms with E-state index in [0.717, 1.165) is 19.0 Å². The average Bonchev–Trinajstić information content (AvgIpc) is 2.47. The summed E-state index contributed by atoms with van der Waals surface area (Å²) in [6, 6.07) is 6.46. The number of halogens is 1. The van der Waals surface area contributed by atoms with Gasteiger partial charge in [0.15, 0.2) is 11.6 Å². The Morgan fingerprint density at radius 3 is 2.86 bits per heavy atom. The van der Waals surface area contributed by atoms with Gasteiger partial charge in [0.25, 0.3) is 5.69 Å². The van der Waals surface area contributed by atoms with Crippen molar-refractivity contribution in [3.63, 3.8) is 0 Å². The van der Waals surface area contributed by atoms with E-state index in [9.17, 15) is 14.5 Å². The fourth-order valence-corrected chi connectivity index (χ4v) is 1.64. The molecule has 110 valence electrons. The SMILES string of the molecule is CCCNc1cc(Oc2ccc([N+](=O)[O-])cc2F)ccn1. The first-order chi connectivity index (χ1) is 10.1. The Kier molecular flexibility index (Phi) is 4.65. The van der Waals surface area contributed by atoms with Crippen molar-refractivity contribution in [2.75, 3.05) is 11.9 Å². The minimum atomic E-state index is -0.788. The van der Waals surface area contributed by atoms with Crippen molar-refractivity contribution < 1.29 is 14.1 Å². The molecule has 1 N–H and O–H groups in total. The lowest BCUT2D eigenvalue weighted by atomic mass is 10.3. The van der Waals surface area contributed by atoms with Crippen molar-refractivity contribution in [3.8, 4) is 11.5 Å². The van der Waals surface area contributed by atoms with Crippen molar-refractivity contribution in [2.24, 2.45) is 0 Å². The van der Waals surface area contributed by atoms with Crippen LogP contribution in [-0.4, -0.2) is 16.5 Å². The summed E-state index contributed by atoms with van der Waals surface area (Å²) >= 11 is 0. The van der Waals surface area contributed by atoms with Crippen molar-refractivity contribution >= 4 is 11.5 Å². The number of nitro groups is 1. The molecule has 2 aromatic rings. The molecule has 0 unspecified atom stereocenters. The lowest BCUT2D eigenvalue weighted by Crippen LogP contribution is -2.01. The Morgan fingerprint density at radius 1 is 1.38 bits per heavy atom. The van der Waals surface area contributed by atoms with Crippen molar-refractivity contribution in [2.45, 2.75) is 13.3 Å².